The van der Waals surface area contributed by atoms with E-state index < -0.39 is 0 Å². The Morgan fingerprint density at radius 1 is 1.47 bits per heavy atom. The molecule has 0 aliphatic heterocycles. The molecule has 1 aliphatic rings. The summed E-state index contributed by atoms with van der Waals surface area (Å²) in [6, 6.07) is 8.50. The molecule has 0 fully saturated rings. The molecule has 2 rings (SSSR count). The van der Waals surface area contributed by atoms with Crippen LogP contribution in [-0.2, 0) is 11.2 Å². The van der Waals surface area contributed by atoms with Crippen LogP contribution in [0.15, 0.2) is 36.9 Å². The molecule has 90 valence electrons. The summed E-state index contributed by atoms with van der Waals surface area (Å²) < 4.78 is 0. The molecule has 0 aromatic heterocycles. The number of aryl methyl sites for hydroxylation is 1. The van der Waals surface area contributed by atoms with E-state index in [1.165, 1.54) is 11.1 Å². The van der Waals surface area contributed by atoms with Gasteiger partial charge < -0.3 is 10.6 Å². The van der Waals surface area contributed by atoms with Gasteiger partial charge in [-0.1, -0.05) is 30.3 Å². The van der Waals surface area contributed by atoms with Gasteiger partial charge >= 0.3 is 0 Å². The maximum absolute atomic E-state index is 11.7. The number of hydrogen-bond acceptors (Lipinski definition) is 2. The average Bonchev–Trinajstić information content (AvgIpc) is 2.73. The van der Waals surface area contributed by atoms with E-state index in [4.69, 9.17) is 0 Å². The van der Waals surface area contributed by atoms with E-state index in [9.17, 15) is 4.79 Å². The lowest BCUT2D eigenvalue weighted by atomic mass is 10.1. The first-order chi connectivity index (χ1) is 8.31. The number of nitrogens with one attached hydrogen (secondary N) is 2. The molecule has 0 saturated heterocycles. The fourth-order valence-corrected chi connectivity index (χ4v) is 2.24. The van der Waals surface area contributed by atoms with E-state index in [0.29, 0.717) is 13.1 Å². The minimum atomic E-state index is 0.0496. The van der Waals surface area contributed by atoms with Gasteiger partial charge in [0.2, 0.25) is 5.91 Å². The lowest BCUT2D eigenvalue weighted by molar-refractivity contribution is -0.120. The summed E-state index contributed by atoms with van der Waals surface area (Å²) in [5.74, 6) is 0.0496. The predicted octanol–water partition coefficient (Wildman–Crippen LogP) is 1.57. The van der Waals surface area contributed by atoms with Crippen LogP contribution in [0, 0.1) is 0 Å². The van der Waals surface area contributed by atoms with Crippen LogP contribution >= 0.6 is 0 Å². The Hall–Kier alpha value is -1.61. The van der Waals surface area contributed by atoms with E-state index in [-0.39, 0.29) is 11.9 Å². The van der Waals surface area contributed by atoms with E-state index in [0.717, 1.165) is 12.8 Å². The maximum Gasteiger partial charge on any atom is 0.234 e. The molecular formula is C14H18N2O. The first-order valence-corrected chi connectivity index (χ1v) is 6.00. The summed E-state index contributed by atoms with van der Waals surface area (Å²) in [7, 11) is 0. The smallest absolute Gasteiger partial charge is 0.234 e. The number of amides is 1. The average molecular weight is 230 g/mol. The standard InChI is InChI=1S/C14H18N2O/c1-2-9-15-10-14(17)16-13-8-7-11-5-3-4-6-12(11)13/h2-6,13,15H,1,7-10H2,(H,16,17). The molecule has 3 nitrogen and oxygen atoms in total. The number of rotatable bonds is 5. The summed E-state index contributed by atoms with van der Waals surface area (Å²) in [5.41, 5.74) is 2.63. The molecule has 2 N–H and O–H groups in total. The normalized spacial score (nSPS) is 17.5. The van der Waals surface area contributed by atoms with E-state index in [1.807, 2.05) is 6.07 Å². The van der Waals surface area contributed by atoms with Crippen LogP contribution in [0.1, 0.15) is 23.6 Å². The highest BCUT2D eigenvalue weighted by atomic mass is 16.1. The monoisotopic (exact) mass is 230 g/mol. The van der Waals surface area contributed by atoms with Crippen LogP contribution in [0.5, 0.6) is 0 Å². The van der Waals surface area contributed by atoms with E-state index in [2.05, 4.69) is 35.4 Å². The van der Waals surface area contributed by atoms with Gasteiger partial charge in [-0.05, 0) is 24.0 Å². The summed E-state index contributed by atoms with van der Waals surface area (Å²) in [6.45, 7) is 4.61. The molecule has 0 saturated carbocycles. The molecule has 1 aromatic rings. The van der Waals surface area contributed by atoms with Gasteiger partial charge in [0.15, 0.2) is 0 Å². The summed E-state index contributed by atoms with van der Waals surface area (Å²) in [6.07, 6.45) is 3.81. The van der Waals surface area contributed by atoms with Crippen molar-refractivity contribution in [3.05, 3.63) is 48.0 Å². The molecule has 1 atom stereocenters. The van der Waals surface area contributed by atoms with Crippen LogP contribution < -0.4 is 10.6 Å². The van der Waals surface area contributed by atoms with Gasteiger partial charge in [0, 0.05) is 6.54 Å². The lowest BCUT2D eigenvalue weighted by Crippen LogP contribution is -2.35. The molecule has 1 amide bonds. The fourth-order valence-electron chi connectivity index (χ4n) is 2.24. The Morgan fingerprint density at radius 3 is 3.12 bits per heavy atom. The highest BCUT2D eigenvalue weighted by Gasteiger charge is 2.22. The molecule has 0 bridgehead atoms. The minimum Gasteiger partial charge on any atom is -0.348 e. The third-order valence-electron chi connectivity index (χ3n) is 3.04. The van der Waals surface area contributed by atoms with E-state index in [1.54, 1.807) is 6.08 Å². The van der Waals surface area contributed by atoms with Crippen molar-refractivity contribution in [2.24, 2.45) is 0 Å². The molecule has 1 aromatic carbocycles. The van der Waals surface area contributed by atoms with Crippen molar-refractivity contribution in [2.45, 2.75) is 18.9 Å². The fraction of sp³-hybridized carbons (Fsp3) is 0.357. The van der Waals surface area contributed by atoms with Crippen molar-refractivity contribution in [2.75, 3.05) is 13.1 Å². The van der Waals surface area contributed by atoms with Gasteiger partial charge in [0.1, 0.15) is 0 Å². The van der Waals surface area contributed by atoms with Gasteiger partial charge in [0.25, 0.3) is 0 Å². The van der Waals surface area contributed by atoms with Gasteiger partial charge in [-0.2, -0.15) is 0 Å². The summed E-state index contributed by atoms with van der Waals surface area (Å²) >= 11 is 0. The number of fused-ring (bicyclic) bond motifs is 1. The maximum atomic E-state index is 11.7. The summed E-state index contributed by atoms with van der Waals surface area (Å²) in [4.78, 5) is 11.7. The van der Waals surface area contributed by atoms with Crippen molar-refractivity contribution < 1.29 is 4.79 Å². The first kappa shape index (κ1) is 11.9. The zero-order chi connectivity index (χ0) is 12.1. The van der Waals surface area contributed by atoms with Gasteiger partial charge in [0.05, 0.1) is 12.6 Å². The number of benzene rings is 1. The molecule has 0 spiro atoms. The first-order valence-electron chi connectivity index (χ1n) is 6.00. The lowest BCUT2D eigenvalue weighted by Gasteiger charge is -2.14. The largest absolute Gasteiger partial charge is 0.348 e. The molecule has 1 aliphatic carbocycles. The highest BCUT2D eigenvalue weighted by molar-refractivity contribution is 5.78. The van der Waals surface area contributed by atoms with Gasteiger partial charge in [-0.3, -0.25) is 4.79 Å². The Morgan fingerprint density at radius 2 is 2.29 bits per heavy atom. The predicted molar refractivity (Wildman–Crippen MR) is 68.7 cm³/mol. The Balaban J connectivity index is 1.88. The second kappa shape index (κ2) is 5.64. The Kier molecular flexibility index (Phi) is 3.94. The van der Waals surface area contributed by atoms with Crippen LogP contribution in [0.3, 0.4) is 0 Å². The second-order valence-corrected chi connectivity index (χ2v) is 4.28. The number of hydrogen-bond donors (Lipinski definition) is 2. The zero-order valence-electron chi connectivity index (χ0n) is 9.91. The van der Waals surface area contributed by atoms with Crippen molar-refractivity contribution in [3.63, 3.8) is 0 Å². The van der Waals surface area contributed by atoms with Crippen molar-refractivity contribution in [1.29, 1.82) is 0 Å². The summed E-state index contributed by atoms with van der Waals surface area (Å²) in [5, 5.41) is 6.06. The molecule has 17 heavy (non-hydrogen) atoms. The molecule has 1 unspecified atom stereocenters. The zero-order valence-corrected chi connectivity index (χ0v) is 9.91. The van der Waals surface area contributed by atoms with Crippen LogP contribution in [0.4, 0.5) is 0 Å². The molecular weight excluding hydrogens is 212 g/mol. The quantitative estimate of drug-likeness (QED) is 0.595. The van der Waals surface area contributed by atoms with Crippen LogP contribution in [0.25, 0.3) is 0 Å². The Bertz CT molecular complexity index is 414. The minimum absolute atomic E-state index is 0.0496. The van der Waals surface area contributed by atoms with Crippen LogP contribution in [-0.4, -0.2) is 19.0 Å². The van der Waals surface area contributed by atoms with Crippen molar-refractivity contribution in [1.82, 2.24) is 10.6 Å². The third-order valence-corrected chi connectivity index (χ3v) is 3.04. The molecule has 3 heteroatoms. The topological polar surface area (TPSA) is 41.1 Å². The van der Waals surface area contributed by atoms with Gasteiger partial charge in [-0.15, -0.1) is 6.58 Å². The molecule has 0 heterocycles. The second-order valence-electron chi connectivity index (χ2n) is 4.28. The highest BCUT2D eigenvalue weighted by Crippen LogP contribution is 2.30. The van der Waals surface area contributed by atoms with Crippen molar-refractivity contribution >= 4 is 5.91 Å². The van der Waals surface area contributed by atoms with Crippen LogP contribution in [0.2, 0.25) is 0 Å². The Labute approximate surface area is 102 Å². The van der Waals surface area contributed by atoms with Gasteiger partial charge in [-0.25, -0.2) is 0 Å². The molecule has 0 radical (unpaired) electrons. The third kappa shape index (κ3) is 2.94. The van der Waals surface area contributed by atoms with Crippen molar-refractivity contribution in [3.8, 4) is 0 Å². The number of carbonyl (C=O) groups excluding carboxylic acids is 1. The number of carbonyl (C=O) groups is 1. The van der Waals surface area contributed by atoms with E-state index >= 15 is 0 Å². The SMILES string of the molecule is C=CCNCC(=O)NC1CCc2ccccc21.